The molecule has 1 heterocycles. The van der Waals surface area contributed by atoms with Crippen molar-refractivity contribution in [1.82, 2.24) is 15.5 Å². The molecular weight excluding hydrogens is 302 g/mol. The van der Waals surface area contributed by atoms with E-state index in [1.165, 1.54) is 18.1 Å². The lowest BCUT2D eigenvalue weighted by atomic mass is 10.1. The van der Waals surface area contributed by atoms with Gasteiger partial charge < -0.3 is 10.6 Å². The van der Waals surface area contributed by atoms with Crippen LogP contribution in [0.1, 0.15) is 42.9 Å². The van der Waals surface area contributed by atoms with Crippen molar-refractivity contribution in [2.75, 3.05) is 13.6 Å². The van der Waals surface area contributed by atoms with E-state index in [9.17, 15) is 9.59 Å². The van der Waals surface area contributed by atoms with E-state index in [-0.39, 0.29) is 17.9 Å². The van der Waals surface area contributed by atoms with Gasteiger partial charge in [-0.1, -0.05) is 18.2 Å². The fourth-order valence-electron chi connectivity index (χ4n) is 3.24. The van der Waals surface area contributed by atoms with E-state index in [1.54, 1.807) is 0 Å². The minimum atomic E-state index is -0.00187. The standard InChI is InChI=1S/C19H29N3O2/c1-13-5-6-16(9-14(13)2)11-21-19(24)10-17-7-8-18(22(17)4)12-20-15(3)23/h5-6,9,17-18H,7-8,10-12H2,1-4H3,(H,20,23)(H,21,24)/t17-,18+/m0/s1. The summed E-state index contributed by atoms with van der Waals surface area (Å²) in [6, 6.07) is 6.86. The highest BCUT2D eigenvalue weighted by atomic mass is 16.2. The number of nitrogens with zero attached hydrogens (tertiary/aromatic N) is 1. The zero-order chi connectivity index (χ0) is 17.7. The minimum absolute atomic E-state index is 0.00187. The lowest BCUT2D eigenvalue weighted by Crippen LogP contribution is -2.41. The fraction of sp³-hybridized carbons (Fsp3) is 0.579. The van der Waals surface area contributed by atoms with Crippen molar-refractivity contribution in [2.24, 2.45) is 0 Å². The van der Waals surface area contributed by atoms with Gasteiger partial charge in [0.1, 0.15) is 0 Å². The third-order valence-corrected chi connectivity index (χ3v) is 5.05. The normalized spacial score (nSPS) is 20.8. The first kappa shape index (κ1) is 18.5. The Hall–Kier alpha value is -1.88. The van der Waals surface area contributed by atoms with Gasteiger partial charge in [-0.15, -0.1) is 0 Å². The summed E-state index contributed by atoms with van der Waals surface area (Å²) >= 11 is 0. The number of hydrogen-bond acceptors (Lipinski definition) is 3. The molecule has 1 aromatic rings. The molecule has 2 rings (SSSR count). The molecule has 5 nitrogen and oxygen atoms in total. The molecule has 5 heteroatoms. The van der Waals surface area contributed by atoms with Gasteiger partial charge in [0.2, 0.25) is 11.8 Å². The average molecular weight is 331 g/mol. The Morgan fingerprint density at radius 1 is 1.12 bits per heavy atom. The zero-order valence-corrected chi connectivity index (χ0v) is 15.2. The maximum Gasteiger partial charge on any atom is 0.221 e. The first-order valence-corrected chi connectivity index (χ1v) is 8.66. The van der Waals surface area contributed by atoms with Crippen molar-refractivity contribution in [3.05, 3.63) is 34.9 Å². The van der Waals surface area contributed by atoms with Gasteiger partial charge in [-0.05, 0) is 50.4 Å². The lowest BCUT2D eigenvalue weighted by Gasteiger charge is -2.25. The van der Waals surface area contributed by atoms with Crippen LogP contribution in [-0.4, -0.2) is 42.4 Å². The second kappa shape index (κ2) is 8.29. The van der Waals surface area contributed by atoms with Gasteiger partial charge in [0.05, 0.1) is 0 Å². The van der Waals surface area contributed by atoms with E-state index in [0.717, 1.165) is 18.4 Å². The molecule has 0 unspecified atom stereocenters. The molecule has 24 heavy (non-hydrogen) atoms. The third kappa shape index (κ3) is 5.06. The van der Waals surface area contributed by atoms with Crippen LogP contribution in [0.2, 0.25) is 0 Å². The Morgan fingerprint density at radius 2 is 1.83 bits per heavy atom. The summed E-state index contributed by atoms with van der Waals surface area (Å²) in [7, 11) is 2.04. The number of rotatable bonds is 6. The van der Waals surface area contributed by atoms with Crippen molar-refractivity contribution < 1.29 is 9.59 Å². The van der Waals surface area contributed by atoms with E-state index in [1.807, 2.05) is 7.05 Å². The van der Waals surface area contributed by atoms with Crippen molar-refractivity contribution in [2.45, 2.75) is 58.7 Å². The van der Waals surface area contributed by atoms with Crippen molar-refractivity contribution in [3.8, 4) is 0 Å². The Kier molecular flexibility index (Phi) is 6.37. The third-order valence-electron chi connectivity index (χ3n) is 5.05. The molecule has 0 aromatic heterocycles. The average Bonchev–Trinajstić information content (AvgIpc) is 2.87. The van der Waals surface area contributed by atoms with Crippen LogP contribution in [-0.2, 0) is 16.1 Å². The summed E-state index contributed by atoms with van der Waals surface area (Å²) in [5, 5.41) is 5.89. The van der Waals surface area contributed by atoms with Crippen molar-refractivity contribution in [3.63, 3.8) is 0 Å². The lowest BCUT2D eigenvalue weighted by molar-refractivity contribution is -0.122. The molecule has 0 spiro atoms. The number of hydrogen-bond donors (Lipinski definition) is 2. The highest BCUT2D eigenvalue weighted by Gasteiger charge is 2.31. The number of aryl methyl sites for hydroxylation is 2. The maximum absolute atomic E-state index is 12.2. The maximum atomic E-state index is 12.2. The summed E-state index contributed by atoms with van der Waals surface area (Å²) < 4.78 is 0. The molecule has 2 amide bonds. The molecule has 1 aliphatic rings. The largest absolute Gasteiger partial charge is 0.355 e. The molecule has 0 saturated carbocycles. The molecule has 1 fully saturated rings. The Bertz CT molecular complexity index is 600. The van der Waals surface area contributed by atoms with Crippen LogP contribution in [0.4, 0.5) is 0 Å². The van der Waals surface area contributed by atoms with E-state index in [0.29, 0.717) is 25.6 Å². The number of nitrogens with one attached hydrogen (secondary N) is 2. The second-order valence-corrected chi connectivity index (χ2v) is 6.89. The monoisotopic (exact) mass is 331 g/mol. The molecule has 0 bridgehead atoms. The quantitative estimate of drug-likeness (QED) is 0.837. The van der Waals surface area contributed by atoms with Crippen LogP contribution < -0.4 is 10.6 Å². The van der Waals surface area contributed by atoms with Gasteiger partial charge in [-0.2, -0.15) is 0 Å². The van der Waals surface area contributed by atoms with Crippen molar-refractivity contribution in [1.29, 1.82) is 0 Å². The molecule has 1 saturated heterocycles. The van der Waals surface area contributed by atoms with E-state index < -0.39 is 0 Å². The highest BCUT2D eigenvalue weighted by molar-refractivity contribution is 5.76. The van der Waals surface area contributed by atoms with Crippen LogP contribution in [0.3, 0.4) is 0 Å². The molecule has 1 aromatic carbocycles. The number of benzene rings is 1. The van der Waals surface area contributed by atoms with Gasteiger partial charge in [0.15, 0.2) is 0 Å². The predicted octanol–water partition coefficient (Wildman–Crippen LogP) is 1.91. The number of likely N-dealkylation sites (N-methyl/N-ethyl adjacent to an activating group) is 1. The van der Waals surface area contributed by atoms with Crippen LogP contribution in [0.15, 0.2) is 18.2 Å². The summed E-state index contributed by atoms with van der Waals surface area (Å²) in [6.07, 6.45) is 2.53. The Morgan fingerprint density at radius 3 is 2.50 bits per heavy atom. The topological polar surface area (TPSA) is 61.4 Å². The van der Waals surface area contributed by atoms with E-state index in [2.05, 4.69) is 47.6 Å². The van der Waals surface area contributed by atoms with Gasteiger partial charge in [-0.25, -0.2) is 0 Å². The first-order valence-electron chi connectivity index (χ1n) is 8.66. The minimum Gasteiger partial charge on any atom is -0.355 e. The van der Waals surface area contributed by atoms with Gasteiger partial charge in [0, 0.05) is 38.5 Å². The highest BCUT2D eigenvalue weighted by Crippen LogP contribution is 2.24. The van der Waals surface area contributed by atoms with Crippen LogP contribution in [0.25, 0.3) is 0 Å². The summed E-state index contributed by atoms with van der Waals surface area (Å²) in [5.41, 5.74) is 3.65. The van der Waals surface area contributed by atoms with Crippen LogP contribution in [0, 0.1) is 13.8 Å². The summed E-state index contributed by atoms with van der Waals surface area (Å²) in [6.45, 7) is 6.94. The molecular formula is C19H29N3O2. The van der Waals surface area contributed by atoms with Crippen molar-refractivity contribution >= 4 is 11.8 Å². The molecule has 0 radical (unpaired) electrons. The van der Waals surface area contributed by atoms with E-state index >= 15 is 0 Å². The molecule has 132 valence electrons. The van der Waals surface area contributed by atoms with Gasteiger partial charge >= 0.3 is 0 Å². The van der Waals surface area contributed by atoms with E-state index in [4.69, 9.17) is 0 Å². The number of likely N-dealkylation sites (tertiary alicyclic amines) is 1. The summed E-state index contributed by atoms with van der Waals surface area (Å²) in [4.78, 5) is 25.5. The fourth-order valence-corrected chi connectivity index (χ4v) is 3.24. The molecule has 0 aliphatic carbocycles. The first-order chi connectivity index (χ1) is 11.4. The molecule has 2 N–H and O–H groups in total. The smallest absolute Gasteiger partial charge is 0.221 e. The number of carbonyl (C=O) groups is 2. The number of amides is 2. The van der Waals surface area contributed by atoms with Crippen LogP contribution >= 0.6 is 0 Å². The Balaban J connectivity index is 1.78. The summed E-state index contributed by atoms with van der Waals surface area (Å²) in [5.74, 6) is 0.0863. The second-order valence-electron chi connectivity index (χ2n) is 6.89. The molecule has 2 atom stereocenters. The van der Waals surface area contributed by atoms with Gasteiger partial charge in [-0.3, -0.25) is 14.5 Å². The zero-order valence-electron chi connectivity index (χ0n) is 15.2. The molecule has 1 aliphatic heterocycles. The van der Waals surface area contributed by atoms with Gasteiger partial charge in [0.25, 0.3) is 0 Å². The van der Waals surface area contributed by atoms with Crippen LogP contribution in [0.5, 0.6) is 0 Å². The SMILES string of the molecule is CC(=O)NC[C@H]1CC[C@@H](CC(=O)NCc2ccc(C)c(C)c2)N1C. The predicted molar refractivity (Wildman–Crippen MR) is 95.6 cm³/mol. The number of carbonyl (C=O) groups excluding carboxylic acids is 2. The Labute approximate surface area is 144 Å².